The summed E-state index contributed by atoms with van der Waals surface area (Å²) in [4.78, 5) is 21.4. The topological polar surface area (TPSA) is 135 Å². The van der Waals surface area contributed by atoms with Gasteiger partial charge in [0.25, 0.3) is 0 Å². The van der Waals surface area contributed by atoms with Gasteiger partial charge in [-0.2, -0.15) is 0 Å². The van der Waals surface area contributed by atoms with E-state index in [2.05, 4.69) is 9.74 Å². The lowest BCUT2D eigenvalue weighted by Gasteiger charge is -2.32. The maximum atomic E-state index is 14.8. The van der Waals surface area contributed by atoms with Gasteiger partial charge in [-0.3, -0.25) is 10.0 Å². The molecule has 1 saturated heterocycles. The highest BCUT2D eigenvalue weighted by atomic mass is 19.1. The number of hydrogen-bond acceptors (Lipinski definition) is 8. The molecule has 1 aromatic heterocycles. The van der Waals surface area contributed by atoms with Crippen molar-refractivity contribution in [1.29, 1.82) is 0 Å². The van der Waals surface area contributed by atoms with Crippen LogP contribution in [-0.4, -0.2) is 54.1 Å². The molecule has 10 nitrogen and oxygen atoms in total. The van der Waals surface area contributed by atoms with Gasteiger partial charge < -0.3 is 25.2 Å². The van der Waals surface area contributed by atoms with Crippen LogP contribution in [0.3, 0.4) is 0 Å². The van der Waals surface area contributed by atoms with Crippen LogP contribution >= 0.6 is 0 Å². The van der Waals surface area contributed by atoms with Gasteiger partial charge >= 0.3 is 0 Å². The molecule has 1 fully saturated rings. The minimum absolute atomic E-state index is 0.0660. The van der Waals surface area contributed by atoms with Crippen LogP contribution in [0.4, 0.5) is 15.9 Å². The number of aromatic nitrogens is 1. The Kier molecular flexibility index (Phi) is 10.5. The Morgan fingerprint density at radius 2 is 1.86 bits per heavy atom. The number of unbranched alkanes of at least 4 members (excludes halogenated alkanes) is 3. The van der Waals surface area contributed by atoms with Crippen LogP contribution in [-0.2, 0) is 4.79 Å². The number of methoxy groups -OCH3 is 1. The van der Waals surface area contributed by atoms with Gasteiger partial charge in [-0.15, -0.1) is 0 Å². The number of hydroxylamine groups is 1. The maximum absolute atomic E-state index is 14.8. The van der Waals surface area contributed by atoms with Crippen molar-refractivity contribution in [1.82, 2.24) is 10.5 Å². The van der Waals surface area contributed by atoms with Gasteiger partial charge in [0.05, 0.1) is 31.5 Å². The summed E-state index contributed by atoms with van der Waals surface area (Å²) in [5.41, 5.74) is 9.74. The Labute approximate surface area is 244 Å². The summed E-state index contributed by atoms with van der Waals surface area (Å²) >= 11 is 0. The highest BCUT2D eigenvalue weighted by Crippen LogP contribution is 2.43. The van der Waals surface area contributed by atoms with Crippen LogP contribution in [0.5, 0.6) is 17.2 Å². The van der Waals surface area contributed by atoms with Crippen LogP contribution in [0.15, 0.2) is 42.5 Å². The van der Waals surface area contributed by atoms with Crippen LogP contribution in [0.2, 0.25) is 0 Å². The Bertz CT molecular complexity index is 1440. The zero-order valence-corrected chi connectivity index (χ0v) is 23.6. The number of nitrogens with zero attached hydrogens (tertiary/aromatic N) is 3. The Hall–Kier alpha value is -4.40. The van der Waals surface area contributed by atoms with Gasteiger partial charge in [-0.05, 0) is 49.4 Å². The number of ether oxygens (including phenoxy) is 2. The fourth-order valence-corrected chi connectivity index (χ4v) is 4.97. The molecule has 0 bridgehead atoms. The van der Waals surface area contributed by atoms with E-state index in [1.807, 2.05) is 6.07 Å². The molecule has 0 spiro atoms. The number of phenols is 1. The number of aromatic hydroxyl groups is 1. The number of pyridine rings is 1. The van der Waals surface area contributed by atoms with E-state index in [4.69, 9.17) is 32.0 Å². The van der Waals surface area contributed by atoms with Crippen molar-refractivity contribution in [3.05, 3.63) is 59.7 Å². The van der Waals surface area contributed by atoms with Crippen molar-refractivity contribution in [2.24, 2.45) is 5.73 Å². The van der Waals surface area contributed by atoms with E-state index in [0.717, 1.165) is 45.2 Å². The molecule has 1 amide bonds. The first kappa shape index (κ1) is 30.6. The third kappa shape index (κ3) is 7.46. The summed E-state index contributed by atoms with van der Waals surface area (Å²) in [5, 5.41) is 19.4. The van der Waals surface area contributed by atoms with Gasteiger partial charge in [-0.1, -0.05) is 31.0 Å². The third-order valence-corrected chi connectivity index (χ3v) is 7.32. The van der Waals surface area contributed by atoms with Gasteiger partial charge in [-0.25, -0.2) is 19.7 Å². The number of halogens is 1. The van der Waals surface area contributed by atoms with E-state index in [1.165, 1.54) is 12.1 Å². The number of hydrogen-bond donors (Lipinski definition) is 4. The molecule has 2 aromatic carbocycles. The number of nitrogens with two attached hydrogens (primary N) is 1. The number of amides is 1. The number of anilines is 1. The summed E-state index contributed by atoms with van der Waals surface area (Å²) in [6, 6.07) is 11.4. The average Bonchev–Trinajstić information content (AvgIpc) is 3.00. The number of rotatable bonds is 12. The second-order valence-electron chi connectivity index (χ2n) is 10.2. The minimum atomic E-state index is -0.646. The molecule has 2 heterocycles. The molecule has 11 heteroatoms. The fraction of sp³-hybridized carbons (Fsp3) is 0.387. The summed E-state index contributed by atoms with van der Waals surface area (Å²) in [6.07, 6.45) is 4.97. The molecule has 1 aliphatic rings. The molecule has 3 aromatic rings. The fourth-order valence-electron chi connectivity index (χ4n) is 4.97. The van der Waals surface area contributed by atoms with Crippen LogP contribution in [0, 0.1) is 12.4 Å². The summed E-state index contributed by atoms with van der Waals surface area (Å²) < 4.78 is 26.3. The first-order chi connectivity index (χ1) is 20.3. The molecule has 222 valence electrons. The molecule has 1 aliphatic heterocycles. The predicted molar refractivity (Wildman–Crippen MR) is 157 cm³/mol. The Balaban J connectivity index is 1.61. The molecule has 0 unspecified atom stereocenters. The predicted octanol–water partition coefficient (Wildman–Crippen LogP) is 5.58. The number of nitrogens with one attached hydrogen (secondary N) is 1. The van der Waals surface area contributed by atoms with Crippen molar-refractivity contribution >= 4 is 17.4 Å². The molecule has 0 radical (unpaired) electrons. The molecular weight excluding hydrogens is 541 g/mol. The number of phenolic OH excluding ortho intramolecular Hbond substituents is 1. The lowest BCUT2D eigenvalue weighted by Crippen LogP contribution is -2.40. The zero-order valence-electron chi connectivity index (χ0n) is 23.6. The number of piperidine rings is 1. The maximum Gasteiger partial charge on any atom is 0.243 e. The SMILES string of the molecule is [C-]#[N+]c1ccc(-c2nc(N3CCC(N)CC3)cc(OC)c2-c2ccc(OCCCCCCC(=O)NO)c(O)c2)cc1F. The second kappa shape index (κ2) is 14.5. The molecule has 42 heavy (non-hydrogen) atoms. The van der Waals surface area contributed by atoms with E-state index in [-0.39, 0.29) is 23.9 Å². The number of benzene rings is 2. The van der Waals surface area contributed by atoms with E-state index in [1.54, 1.807) is 36.9 Å². The largest absolute Gasteiger partial charge is 0.504 e. The van der Waals surface area contributed by atoms with E-state index in [0.29, 0.717) is 52.7 Å². The molecular formula is C31H36FN5O5. The molecule has 0 aliphatic carbocycles. The zero-order chi connectivity index (χ0) is 30.1. The smallest absolute Gasteiger partial charge is 0.243 e. The highest BCUT2D eigenvalue weighted by Gasteiger charge is 2.24. The van der Waals surface area contributed by atoms with E-state index in [9.17, 15) is 14.3 Å². The highest BCUT2D eigenvalue weighted by molar-refractivity contribution is 5.88. The van der Waals surface area contributed by atoms with Crippen LogP contribution in [0.25, 0.3) is 27.2 Å². The van der Waals surface area contributed by atoms with Crippen molar-refractivity contribution in [2.45, 2.75) is 51.0 Å². The first-order valence-corrected chi connectivity index (χ1v) is 14.0. The van der Waals surface area contributed by atoms with Crippen molar-refractivity contribution in [3.8, 4) is 39.6 Å². The Morgan fingerprint density at radius 1 is 1.12 bits per heavy atom. The third-order valence-electron chi connectivity index (χ3n) is 7.32. The number of carbonyl (C=O) groups is 1. The average molecular weight is 578 g/mol. The summed E-state index contributed by atoms with van der Waals surface area (Å²) in [6.45, 7) is 9.05. The van der Waals surface area contributed by atoms with Crippen LogP contribution < -0.4 is 25.6 Å². The Morgan fingerprint density at radius 3 is 2.52 bits per heavy atom. The lowest BCUT2D eigenvalue weighted by atomic mass is 9.97. The van der Waals surface area contributed by atoms with Gasteiger partial charge in [0.15, 0.2) is 11.5 Å². The lowest BCUT2D eigenvalue weighted by molar-refractivity contribution is -0.129. The quantitative estimate of drug-likeness (QED) is 0.0948. The van der Waals surface area contributed by atoms with E-state index < -0.39 is 11.7 Å². The molecule has 4 rings (SSSR count). The van der Waals surface area contributed by atoms with Gasteiger partial charge in [0.2, 0.25) is 11.6 Å². The molecule has 0 saturated carbocycles. The number of carbonyl (C=O) groups excluding carboxylic acids is 1. The molecule has 0 atom stereocenters. The normalized spacial score (nSPS) is 13.5. The monoisotopic (exact) mass is 577 g/mol. The second-order valence-corrected chi connectivity index (χ2v) is 10.2. The van der Waals surface area contributed by atoms with Crippen molar-refractivity contribution < 1.29 is 29.0 Å². The minimum Gasteiger partial charge on any atom is -0.504 e. The van der Waals surface area contributed by atoms with Gasteiger partial charge in [0.1, 0.15) is 17.4 Å². The van der Waals surface area contributed by atoms with Crippen molar-refractivity contribution in [3.63, 3.8) is 0 Å². The van der Waals surface area contributed by atoms with Crippen molar-refractivity contribution in [2.75, 3.05) is 31.7 Å². The first-order valence-electron chi connectivity index (χ1n) is 14.0. The summed E-state index contributed by atoms with van der Waals surface area (Å²) in [7, 11) is 1.55. The van der Waals surface area contributed by atoms with Crippen LogP contribution in [0.1, 0.15) is 44.9 Å². The summed E-state index contributed by atoms with van der Waals surface area (Å²) in [5.74, 6) is 0.384. The standard InChI is InChI=1S/C31H36FN5O5/c1-34-24-10-8-21(17-23(24)32)31-30(27(41-2)19-28(35-31)37-14-12-22(33)13-15-37)20-9-11-26(25(38)18-20)42-16-6-4-3-5-7-29(39)36-40/h8-11,17-19,22,38,40H,3-7,12-16,33H2,2H3,(H,36,39). The van der Waals surface area contributed by atoms with Gasteiger partial charge in [0, 0.05) is 37.2 Å². The van der Waals surface area contributed by atoms with E-state index >= 15 is 0 Å². The molecule has 5 N–H and O–H groups in total.